The van der Waals surface area contributed by atoms with E-state index in [1.165, 1.54) is 18.2 Å². The van der Waals surface area contributed by atoms with Crippen LogP contribution in [0.1, 0.15) is 25.7 Å². The Morgan fingerprint density at radius 2 is 1.74 bits per heavy atom. The van der Waals surface area contributed by atoms with Crippen molar-refractivity contribution in [1.82, 2.24) is 4.72 Å². The highest BCUT2D eigenvalue weighted by Gasteiger charge is 2.24. The van der Waals surface area contributed by atoms with Gasteiger partial charge in [0.2, 0.25) is 10.0 Å². The van der Waals surface area contributed by atoms with Gasteiger partial charge in [0.05, 0.1) is 14.9 Å². The molecule has 104 valence electrons. The molecule has 2 rings (SSSR count). The highest BCUT2D eigenvalue weighted by atomic mass is 35.5. The van der Waals surface area contributed by atoms with Gasteiger partial charge in [-0.3, -0.25) is 4.79 Å². The molecule has 0 radical (unpaired) electrons. The molecule has 1 aromatic carbocycles. The molecule has 0 amide bonds. The average Bonchev–Trinajstić information content (AvgIpc) is 2.35. The minimum atomic E-state index is -3.62. The van der Waals surface area contributed by atoms with Crippen LogP contribution >= 0.6 is 23.2 Å². The van der Waals surface area contributed by atoms with E-state index in [1.807, 2.05) is 0 Å². The quantitative estimate of drug-likeness (QED) is 0.931. The molecule has 0 aliphatic heterocycles. The standard InChI is InChI=1S/C12H13Cl2NO3S/c13-11-6-5-10(7-12(11)14)19(17,18)15-8-1-3-9(16)4-2-8/h5-8,15H,1-4H2. The van der Waals surface area contributed by atoms with Crippen LogP contribution < -0.4 is 4.72 Å². The zero-order chi connectivity index (χ0) is 14.0. The van der Waals surface area contributed by atoms with Crippen molar-refractivity contribution in [2.45, 2.75) is 36.6 Å². The van der Waals surface area contributed by atoms with Crippen LogP contribution in [-0.2, 0) is 14.8 Å². The molecular formula is C12H13Cl2NO3S. The van der Waals surface area contributed by atoms with Crippen molar-refractivity contribution < 1.29 is 13.2 Å². The van der Waals surface area contributed by atoms with Gasteiger partial charge in [0, 0.05) is 18.9 Å². The van der Waals surface area contributed by atoms with E-state index in [1.54, 1.807) is 0 Å². The van der Waals surface area contributed by atoms with Crippen LogP contribution in [0.4, 0.5) is 0 Å². The lowest BCUT2D eigenvalue weighted by molar-refractivity contribution is -0.120. The lowest BCUT2D eigenvalue weighted by Crippen LogP contribution is -2.37. The number of carbonyl (C=O) groups excluding carboxylic acids is 1. The molecule has 4 nitrogen and oxygen atoms in total. The number of hydrogen-bond acceptors (Lipinski definition) is 3. The molecule has 0 saturated heterocycles. The molecule has 0 spiro atoms. The minimum Gasteiger partial charge on any atom is -0.300 e. The summed E-state index contributed by atoms with van der Waals surface area (Å²) in [7, 11) is -3.62. The van der Waals surface area contributed by atoms with Crippen molar-refractivity contribution in [3.8, 4) is 0 Å². The summed E-state index contributed by atoms with van der Waals surface area (Å²) in [5.41, 5.74) is 0. The maximum atomic E-state index is 12.1. The smallest absolute Gasteiger partial charge is 0.240 e. The Bertz CT molecular complexity index is 591. The summed E-state index contributed by atoms with van der Waals surface area (Å²) in [6, 6.07) is 3.98. The molecule has 1 aliphatic rings. The van der Waals surface area contributed by atoms with Crippen molar-refractivity contribution in [3.63, 3.8) is 0 Å². The summed E-state index contributed by atoms with van der Waals surface area (Å²) in [5.74, 6) is 0.185. The molecule has 0 atom stereocenters. The molecule has 1 fully saturated rings. The fourth-order valence-electron chi connectivity index (χ4n) is 1.99. The molecule has 0 heterocycles. The first kappa shape index (κ1) is 14.8. The maximum absolute atomic E-state index is 12.1. The number of benzene rings is 1. The molecule has 19 heavy (non-hydrogen) atoms. The average molecular weight is 322 g/mol. The van der Waals surface area contributed by atoms with Gasteiger partial charge in [-0.25, -0.2) is 13.1 Å². The molecule has 0 unspecified atom stereocenters. The Hall–Kier alpha value is -0.620. The third-order valence-corrected chi connectivity index (χ3v) is 5.32. The fraction of sp³-hybridized carbons (Fsp3) is 0.417. The second-order valence-electron chi connectivity index (χ2n) is 4.51. The van der Waals surface area contributed by atoms with E-state index in [0.717, 1.165) is 0 Å². The van der Waals surface area contributed by atoms with E-state index < -0.39 is 10.0 Å². The van der Waals surface area contributed by atoms with Crippen LogP contribution in [-0.4, -0.2) is 20.2 Å². The van der Waals surface area contributed by atoms with Gasteiger partial charge < -0.3 is 0 Å². The number of halogens is 2. The van der Waals surface area contributed by atoms with Crippen molar-refractivity contribution in [3.05, 3.63) is 28.2 Å². The summed E-state index contributed by atoms with van der Waals surface area (Å²) in [4.78, 5) is 11.2. The Balaban J connectivity index is 2.13. The Morgan fingerprint density at radius 1 is 1.11 bits per heavy atom. The lowest BCUT2D eigenvalue weighted by atomic mass is 9.95. The monoisotopic (exact) mass is 321 g/mol. The van der Waals surface area contributed by atoms with Crippen molar-refractivity contribution >= 4 is 39.0 Å². The summed E-state index contributed by atoms with van der Waals surface area (Å²) in [6.45, 7) is 0. The highest BCUT2D eigenvalue weighted by Crippen LogP contribution is 2.25. The summed E-state index contributed by atoms with van der Waals surface area (Å²) >= 11 is 11.6. The lowest BCUT2D eigenvalue weighted by Gasteiger charge is -2.22. The third kappa shape index (κ3) is 3.69. The van der Waals surface area contributed by atoms with Crippen molar-refractivity contribution in [1.29, 1.82) is 0 Å². The molecule has 7 heteroatoms. The summed E-state index contributed by atoms with van der Waals surface area (Å²) in [6.07, 6.45) is 1.93. The van der Waals surface area contributed by atoms with Gasteiger partial charge in [-0.05, 0) is 31.0 Å². The normalized spacial score (nSPS) is 17.7. The minimum absolute atomic E-state index is 0.0822. The molecule has 0 aromatic heterocycles. The number of hydrogen-bond donors (Lipinski definition) is 1. The van der Waals surface area contributed by atoms with Crippen LogP contribution in [0.15, 0.2) is 23.1 Å². The predicted molar refractivity (Wildman–Crippen MR) is 74.0 cm³/mol. The highest BCUT2D eigenvalue weighted by molar-refractivity contribution is 7.89. The van der Waals surface area contributed by atoms with Crippen LogP contribution in [0.3, 0.4) is 0 Å². The van der Waals surface area contributed by atoms with Crippen LogP contribution in [0.5, 0.6) is 0 Å². The number of Topliss-reactive ketones (excluding diaryl/α,β-unsaturated/α-hetero) is 1. The van der Waals surface area contributed by atoms with Gasteiger partial charge in [-0.2, -0.15) is 0 Å². The topological polar surface area (TPSA) is 63.2 Å². The van der Waals surface area contributed by atoms with Crippen molar-refractivity contribution in [2.75, 3.05) is 0 Å². The zero-order valence-electron chi connectivity index (χ0n) is 10.0. The second-order valence-corrected chi connectivity index (χ2v) is 7.04. The number of sulfonamides is 1. The number of carbonyl (C=O) groups is 1. The third-order valence-electron chi connectivity index (χ3n) is 3.07. The number of rotatable bonds is 3. The SMILES string of the molecule is O=C1CCC(NS(=O)(=O)c2ccc(Cl)c(Cl)c2)CC1. The first-order valence-corrected chi connectivity index (χ1v) is 8.11. The van der Waals surface area contributed by atoms with Gasteiger partial charge in [0.25, 0.3) is 0 Å². The van der Waals surface area contributed by atoms with E-state index in [0.29, 0.717) is 30.7 Å². The van der Waals surface area contributed by atoms with E-state index in [9.17, 15) is 13.2 Å². The van der Waals surface area contributed by atoms with Crippen LogP contribution in [0.2, 0.25) is 10.0 Å². The molecule has 1 N–H and O–H groups in total. The van der Waals surface area contributed by atoms with E-state index in [4.69, 9.17) is 23.2 Å². The Kier molecular flexibility index (Phi) is 4.50. The van der Waals surface area contributed by atoms with Crippen molar-refractivity contribution in [2.24, 2.45) is 0 Å². The molecule has 1 aliphatic carbocycles. The molecule has 0 bridgehead atoms. The number of nitrogens with one attached hydrogen (secondary N) is 1. The molecule has 1 saturated carbocycles. The Morgan fingerprint density at radius 3 is 2.32 bits per heavy atom. The van der Waals surface area contributed by atoms with E-state index in [-0.39, 0.29) is 21.7 Å². The maximum Gasteiger partial charge on any atom is 0.240 e. The van der Waals surface area contributed by atoms with E-state index in [2.05, 4.69) is 4.72 Å². The first-order chi connectivity index (χ1) is 8.88. The predicted octanol–water partition coefficient (Wildman–Crippen LogP) is 2.78. The van der Waals surface area contributed by atoms with Gasteiger partial charge in [-0.15, -0.1) is 0 Å². The van der Waals surface area contributed by atoms with Crippen LogP contribution in [0.25, 0.3) is 0 Å². The van der Waals surface area contributed by atoms with Crippen LogP contribution in [0, 0.1) is 0 Å². The largest absolute Gasteiger partial charge is 0.300 e. The number of ketones is 1. The van der Waals surface area contributed by atoms with Gasteiger partial charge in [0.15, 0.2) is 0 Å². The van der Waals surface area contributed by atoms with Gasteiger partial charge in [0.1, 0.15) is 5.78 Å². The fourth-order valence-corrected chi connectivity index (χ4v) is 3.68. The zero-order valence-corrected chi connectivity index (χ0v) is 12.4. The molecule has 1 aromatic rings. The second kappa shape index (κ2) is 5.79. The molecular weight excluding hydrogens is 309 g/mol. The van der Waals surface area contributed by atoms with Gasteiger partial charge >= 0.3 is 0 Å². The summed E-state index contributed by atoms with van der Waals surface area (Å²) < 4.78 is 26.9. The summed E-state index contributed by atoms with van der Waals surface area (Å²) in [5, 5.41) is 0.507. The van der Waals surface area contributed by atoms with E-state index >= 15 is 0 Å². The van der Waals surface area contributed by atoms with Gasteiger partial charge in [-0.1, -0.05) is 23.2 Å². The Labute approximate surface area is 122 Å². The first-order valence-electron chi connectivity index (χ1n) is 5.87.